The van der Waals surface area contributed by atoms with Crippen molar-refractivity contribution in [3.8, 4) is 0 Å². The number of benzene rings is 1. The van der Waals surface area contributed by atoms with Gasteiger partial charge in [0, 0.05) is 17.1 Å². The summed E-state index contributed by atoms with van der Waals surface area (Å²) in [5.74, 6) is -0.380. The molecular weight excluding hydrogens is 254 g/mol. The number of aromatic nitrogens is 1. The number of ether oxygens (including phenoxy) is 2. The Morgan fingerprint density at radius 3 is 2.80 bits per heavy atom. The van der Waals surface area contributed by atoms with Crippen molar-refractivity contribution in [2.75, 3.05) is 6.61 Å². The van der Waals surface area contributed by atoms with Gasteiger partial charge in [-0.2, -0.15) is 0 Å². The zero-order chi connectivity index (χ0) is 14.6. The number of H-pyrrole nitrogens is 1. The molecule has 2 rings (SSSR count). The van der Waals surface area contributed by atoms with E-state index in [9.17, 15) is 4.79 Å². The summed E-state index contributed by atoms with van der Waals surface area (Å²) in [6, 6.07) is 7.60. The number of carbonyl (C=O) groups excluding carboxylic acids is 1. The van der Waals surface area contributed by atoms with Gasteiger partial charge >= 0.3 is 5.97 Å². The molecule has 1 aromatic heterocycles. The molecule has 0 bridgehead atoms. The number of hydrogen-bond donors (Lipinski definition) is 1. The fourth-order valence-electron chi connectivity index (χ4n) is 1.75. The summed E-state index contributed by atoms with van der Waals surface area (Å²) in [5, 5.41) is 0.858. The van der Waals surface area contributed by atoms with E-state index in [4.69, 9.17) is 9.47 Å². The number of para-hydroxylation sites is 1. The zero-order valence-electron chi connectivity index (χ0n) is 12.0. The van der Waals surface area contributed by atoms with E-state index in [1.807, 2.05) is 45.0 Å². The van der Waals surface area contributed by atoms with E-state index < -0.39 is 0 Å². The van der Waals surface area contributed by atoms with Crippen molar-refractivity contribution in [1.29, 1.82) is 0 Å². The van der Waals surface area contributed by atoms with E-state index in [1.54, 1.807) is 12.3 Å². The Balaban J connectivity index is 1.94. The van der Waals surface area contributed by atoms with Gasteiger partial charge in [0.2, 0.25) is 0 Å². The van der Waals surface area contributed by atoms with E-state index in [0.29, 0.717) is 12.2 Å². The van der Waals surface area contributed by atoms with Crippen LogP contribution < -0.4 is 0 Å². The molecule has 1 aromatic carbocycles. The van der Waals surface area contributed by atoms with Crippen molar-refractivity contribution < 1.29 is 14.3 Å². The van der Waals surface area contributed by atoms with Crippen LogP contribution in [0.2, 0.25) is 0 Å². The minimum atomic E-state index is -0.380. The summed E-state index contributed by atoms with van der Waals surface area (Å²) in [6.45, 7) is 6.32. The Morgan fingerprint density at radius 2 is 2.05 bits per heavy atom. The molecule has 0 aliphatic rings. The monoisotopic (exact) mass is 273 g/mol. The molecule has 0 saturated heterocycles. The number of hydrogen-bond acceptors (Lipinski definition) is 3. The maximum atomic E-state index is 11.9. The normalized spacial score (nSPS) is 12.2. The van der Waals surface area contributed by atoms with Gasteiger partial charge in [-0.05, 0) is 32.9 Å². The third kappa shape index (κ3) is 3.71. The molecule has 0 radical (unpaired) electrons. The molecule has 4 nitrogen and oxygen atoms in total. The molecule has 0 fully saturated rings. The summed E-state index contributed by atoms with van der Waals surface area (Å²) in [6.07, 6.45) is 4.71. The second-order valence-electron chi connectivity index (χ2n) is 5.45. The Hall–Kier alpha value is -2.07. The Labute approximate surface area is 118 Å². The number of esters is 1. The Morgan fingerprint density at radius 1 is 1.30 bits per heavy atom. The summed E-state index contributed by atoms with van der Waals surface area (Å²) in [4.78, 5) is 15.0. The Bertz CT molecular complexity index is 620. The topological polar surface area (TPSA) is 51.3 Å². The van der Waals surface area contributed by atoms with Crippen molar-refractivity contribution in [1.82, 2.24) is 4.98 Å². The largest absolute Gasteiger partial charge is 0.431 e. The quantitative estimate of drug-likeness (QED) is 0.683. The lowest BCUT2D eigenvalue weighted by Gasteiger charge is -2.17. The lowest BCUT2D eigenvalue weighted by Crippen LogP contribution is -2.18. The summed E-state index contributed by atoms with van der Waals surface area (Å²) < 4.78 is 10.6. The van der Waals surface area contributed by atoms with Crippen molar-refractivity contribution >= 4 is 16.9 Å². The van der Waals surface area contributed by atoms with E-state index in [-0.39, 0.29) is 11.6 Å². The van der Waals surface area contributed by atoms with Gasteiger partial charge in [0.05, 0.1) is 24.0 Å². The van der Waals surface area contributed by atoms with Crippen molar-refractivity contribution in [3.05, 3.63) is 48.4 Å². The van der Waals surface area contributed by atoms with Gasteiger partial charge in [-0.3, -0.25) is 0 Å². The van der Waals surface area contributed by atoms with E-state index in [2.05, 4.69) is 4.98 Å². The van der Waals surface area contributed by atoms with Crippen LogP contribution in [0.25, 0.3) is 10.9 Å². The fourth-order valence-corrected chi connectivity index (χ4v) is 1.75. The lowest BCUT2D eigenvalue weighted by atomic mass is 10.2. The third-order valence-electron chi connectivity index (χ3n) is 2.69. The molecule has 1 heterocycles. The number of fused-ring (bicyclic) bond motifs is 1. The zero-order valence-corrected chi connectivity index (χ0v) is 12.0. The number of carbonyl (C=O) groups is 1. The summed E-state index contributed by atoms with van der Waals surface area (Å²) in [5.41, 5.74) is 1.24. The Kier molecular flexibility index (Phi) is 4.25. The molecule has 0 aliphatic carbocycles. The van der Waals surface area contributed by atoms with Crippen LogP contribution in [0.15, 0.2) is 42.8 Å². The van der Waals surface area contributed by atoms with E-state index >= 15 is 0 Å². The molecule has 2 aromatic rings. The molecule has 106 valence electrons. The molecule has 20 heavy (non-hydrogen) atoms. The smallest absolute Gasteiger partial charge is 0.345 e. The highest BCUT2D eigenvalue weighted by molar-refractivity contribution is 6.04. The van der Waals surface area contributed by atoms with Crippen LogP contribution in [0.4, 0.5) is 0 Å². The van der Waals surface area contributed by atoms with Gasteiger partial charge in [-0.25, -0.2) is 4.79 Å². The van der Waals surface area contributed by atoms with Gasteiger partial charge < -0.3 is 14.5 Å². The van der Waals surface area contributed by atoms with Gasteiger partial charge in [-0.15, -0.1) is 0 Å². The predicted molar refractivity (Wildman–Crippen MR) is 78.6 cm³/mol. The third-order valence-corrected chi connectivity index (χ3v) is 2.69. The van der Waals surface area contributed by atoms with Gasteiger partial charge in [0.1, 0.15) is 0 Å². The van der Waals surface area contributed by atoms with Crippen LogP contribution >= 0.6 is 0 Å². The van der Waals surface area contributed by atoms with Crippen LogP contribution in [0.3, 0.4) is 0 Å². The van der Waals surface area contributed by atoms with Crippen LogP contribution in [-0.2, 0) is 9.47 Å². The molecule has 0 atom stereocenters. The number of aromatic amines is 1. The first kappa shape index (κ1) is 14.3. The molecule has 0 saturated carbocycles. The molecule has 1 N–H and O–H groups in total. The molecule has 0 aliphatic heterocycles. The van der Waals surface area contributed by atoms with Crippen LogP contribution in [-0.4, -0.2) is 23.2 Å². The second kappa shape index (κ2) is 5.92. The van der Waals surface area contributed by atoms with Gasteiger partial charge in [-0.1, -0.05) is 18.2 Å². The highest BCUT2D eigenvalue weighted by atomic mass is 16.5. The van der Waals surface area contributed by atoms with Gasteiger partial charge in [0.15, 0.2) is 0 Å². The van der Waals surface area contributed by atoms with E-state index in [1.165, 1.54) is 6.26 Å². The summed E-state index contributed by atoms with van der Waals surface area (Å²) >= 11 is 0. The predicted octanol–water partition coefficient (Wildman–Crippen LogP) is 3.65. The van der Waals surface area contributed by atoms with Crippen LogP contribution in [0, 0.1) is 0 Å². The minimum absolute atomic E-state index is 0.203. The molecule has 4 heteroatoms. The molecular formula is C16H19NO3. The maximum absolute atomic E-state index is 11.9. The first-order valence-electron chi connectivity index (χ1n) is 6.53. The van der Waals surface area contributed by atoms with Crippen molar-refractivity contribution in [2.24, 2.45) is 0 Å². The number of rotatable bonds is 4. The number of nitrogens with one attached hydrogen (secondary N) is 1. The average Bonchev–Trinajstić information content (AvgIpc) is 2.80. The van der Waals surface area contributed by atoms with E-state index in [0.717, 1.165) is 10.9 Å². The average molecular weight is 273 g/mol. The molecule has 0 amide bonds. The summed E-state index contributed by atoms with van der Waals surface area (Å²) in [7, 11) is 0. The van der Waals surface area contributed by atoms with Crippen molar-refractivity contribution in [2.45, 2.75) is 26.4 Å². The van der Waals surface area contributed by atoms with Gasteiger partial charge in [0.25, 0.3) is 0 Å². The highest BCUT2D eigenvalue weighted by Gasteiger charge is 2.12. The van der Waals surface area contributed by atoms with Crippen LogP contribution in [0.1, 0.15) is 31.1 Å². The van der Waals surface area contributed by atoms with Crippen molar-refractivity contribution in [3.63, 3.8) is 0 Å². The molecule has 0 spiro atoms. The van der Waals surface area contributed by atoms with Crippen LogP contribution in [0.5, 0.6) is 0 Å². The SMILES string of the molecule is CC(C)(C)OCC=COC(=O)c1c[nH]c2ccccc12. The second-order valence-corrected chi connectivity index (χ2v) is 5.45. The standard InChI is InChI=1S/C16H19NO3/c1-16(2,3)20-10-6-9-19-15(18)13-11-17-14-8-5-4-7-12(13)14/h4-9,11,17H,10H2,1-3H3. The molecule has 0 unspecified atom stereocenters. The lowest BCUT2D eigenvalue weighted by molar-refractivity contribution is 0.0142. The fraction of sp³-hybridized carbons (Fsp3) is 0.312. The highest BCUT2D eigenvalue weighted by Crippen LogP contribution is 2.18. The maximum Gasteiger partial charge on any atom is 0.345 e. The first-order valence-corrected chi connectivity index (χ1v) is 6.53. The minimum Gasteiger partial charge on any atom is -0.431 e. The first-order chi connectivity index (χ1) is 9.47.